The van der Waals surface area contributed by atoms with Crippen LogP contribution in [0.1, 0.15) is 5.69 Å². The second-order valence-electron chi connectivity index (χ2n) is 2.62. The Bertz CT molecular complexity index is 406. The lowest BCUT2D eigenvalue weighted by Crippen LogP contribution is -1.97. The van der Waals surface area contributed by atoms with Crippen LogP contribution in [-0.2, 0) is 0 Å². The van der Waals surface area contributed by atoms with E-state index >= 15 is 0 Å². The van der Waals surface area contributed by atoms with Crippen LogP contribution >= 0.6 is 0 Å². The van der Waals surface area contributed by atoms with Gasteiger partial charge in [-0.15, -0.1) is 0 Å². The number of hydrogen-bond donors (Lipinski definition) is 0. The van der Waals surface area contributed by atoms with Gasteiger partial charge in [0.25, 0.3) is 0 Å². The van der Waals surface area contributed by atoms with E-state index in [9.17, 15) is 4.39 Å². The van der Waals surface area contributed by atoms with Gasteiger partial charge in [0.2, 0.25) is 5.95 Å². The number of imidazole rings is 1. The van der Waals surface area contributed by atoms with Gasteiger partial charge in [-0.25, -0.2) is 19.3 Å². The molecule has 0 radical (unpaired) electrons. The highest BCUT2D eigenvalue weighted by atomic mass is 19.1. The molecule has 13 heavy (non-hydrogen) atoms. The van der Waals surface area contributed by atoms with Gasteiger partial charge in [-0.2, -0.15) is 0 Å². The molecule has 0 aliphatic heterocycles. The fraction of sp³-hybridized carbons (Fsp3) is 0.125. The lowest BCUT2D eigenvalue weighted by molar-refractivity contribution is 0.611. The Labute approximate surface area is 74.1 Å². The van der Waals surface area contributed by atoms with Crippen LogP contribution in [0.3, 0.4) is 0 Å². The zero-order chi connectivity index (χ0) is 9.26. The molecule has 0 aliphatic carbocycles. The van der Waals surface area contributed by atoms with Crippen molar-refractivity contribution in [1.29, 1.82) is 0 Å². The minimum atomic E-state index is -0.444. The van der Waals surface area contributed by atoms with Crippen molar-refractivity contribution in [1.82, 2.24) is 19.5 Å². The molecule has 4 nitrogen and oxygen atoms in total. The standard InChI is InChI=1S/C8H7FN4/c1-6-4-13(5-12-6)8-10-2-7(9)3-11-8/h2-5H,1H3. The first kappa shape index (κ1) is 7.85. The summed E-state index contributed by atoms with van der Waals surface area (Å²) < 4.78 is 14.1. The summed E-state index contributed by atoms with van der Waals surface area (Å²) in [6.45, 7) is 1.86. The lowest BCUT2D eigenvalue weighted by Gasteiger charge is -1.96. The largest absolute Gasteiger partial charge is 0.274 e. The molecule has 0 N–H and O–H groups in total. The average molecular weight is 178 g/mol. The number of hydrogen-bond acceptors (Lipinski definition) is 3. The van der Waals surface area contributed by atoms with Crippen molar-refractivity contribution in [2.45, 2.75) is 6.92 Å². The van der Waals surface area contributed by atoms with Gasteiger partial charge in [-0.05, 0) is 6.92 Å². The summed E-state index contributed by atoms with van der Waals surface area (Å²) in [6.07, 6.45) is 5.60. The minimum Gasteiger partial charge on any atom is -0.274 e. The summed E-state index contributed by atoms with van der Waals surface area (Å²) in [5, 5.41) is 0. The summed E-state index contributed by atoms with van der Waals surface area (Å²) in [5.74, 6) is -0.0254. The molecule has 0 unspecified atom stereocenters. The van der Waals surface area contributed by atoms with Crippen molar-refractivity contribution in [2.75, 3.05) is 0 Å². The van der Waals surface area contributed by atoms with E-state index in [1.807, 2.05) is 6.92 Å². The van der Waals surface area contributed by atoms with E-state index in [-0.39, 0.29) is 0 Å². The summed E-state index contributed by atoms with van der Waals surface area (Å²) in [5.41, 5.74) is 0.868. The normalized spacial score (nSPS) is 10.3. The lowest BCUT2D eigenvalue weighted by atomic mass is 10.6. The van der Waals surface area contributed by atoms with Crippen LogP contribution in [0.5, 0.6) is 0 Å². The number of rotatable bonds is 1. The van der Waals surface area contributed by atoms with Crippen LogP contribution in [0.25, 0.3) is 5.95 Å². The van der Waals surface area contributed by atoms with Gasteiger partial charge in [0, 0.05) is 6.20 Å². The van der Waals surface area contributed by atoms with Crippen LogP contribution in [0.2, 0.25) is 0 Å². The topological polar surface area (TPSA) is 43.6 Å². The fourth-order valence-electron chi connectivity index (χ4n) is 0.969. The van der Waals surface area contributed by atoms with Gasteiger partial charge < -0.3 is 0 Å². The van der Waals surface area contributed by atoms with Gasteiger partial charge in [-0.1, -0.05) is 0 Å². The molecule has 2 rings (SSSR count). The first-order valence-electron chi connectivity index (χ1n) is 3.74. The fourth-order valence-corrected chi connectivity index (χ4v) is 0.969. The molecule has 2 aromatic rings. The van der Waals surface area contributed by atoms with E-state index in [4.69, 9.17) is 0 Å². The third kappa shape index (κ3) is 1.53. The molecule has 0 fully saturated rings. The number of aromatic nitrogens is 4. The predicted octanol–water partition coefficient (Wildman–Crippen LogP) is 1.11. The minimum absolute atomic E-state index is 0.419. The maximum atomic E-state index is 12.5. The van der Waals surface area contributed by atoms with Crippen LogP contribution in [0, 0.1) is 12.7 Å². The summed E-state index contributed by atoms with van der Waals surface area (Å²) in [4.78, 5) is 11.6. The highest BCUT2D eigenvalue weighted by Gasteiger charge is 1.99. The van der Waals surface area contributed by atoms with Gasteiger partial charge >= 0.3 is 0 Å². The monoisotopic (exact) mass is 178 g/mol. The summed E-state index contributed by atoms with van der Waals surface area (Å²) in [7, 11) is 0. The zero-order valence-corrected chi connectivity index (χ0v) is 6.98. The van der Waals surface area contributed by atoms with Crippen LogP contribution < -0.4 is 0 Å². The van der Waals surface area contributed by atoms with E-state index in [1.165, 1.54) is 0 Å². The number of nitrogens with zero attached hydrogens (tertiary/aromatic N) is 4. The quantitative estimate of drug-likeness (QED) is 0.657. The second-order valence-corrected chi connectivity index (χ2v) is 2.62. The van der Waals surface area contributed by atoms with Crippen molar-refractivity contribution in [3.05, 3.63) is 36.4 Å². The maximum Gasteiger partial charge on any atom is 0.235 e. The molecule has 0 atom stereocenters. The molecule has 0 aliphatic rings. The smallest absolute Gasteiger partial charge is 0.235 e. The highest BCUT2D eigenvalue weighted by molar-refractivity contribution is 5.12. The third-order valence-corrected chi connectivity index (χ3v) is 1.55. The van der Waals surface area contributed by atoms with Gasteiger partial charge in [-0.3, -0.25) is 4.57 Å². The second kappa shape index (κ2) is 2.93. The summed E-state index contributed by atoms with van der Waals surface area (Å²) in [6, 6.07) is 0. The van der Waals surface area contributed by atoms with Gasteiger partial charge in [0.1, 0.15) is 6.33 Å². The van der Waals surface area contributed by atoms with Crippen LogP contribution in [0.15, 0.2) is 24.9 Å². The highest BCUT2D eigenvalue weighted by Crippen LogP contribution is 2.01. The van der Waals surface area contributed by atoms with Gasteiger partial charge in [0.15, 0.2) is 5.82 Å². The number of halogens is 1. The summed E-state index contributed by atoms with van der Waals surface area (Å²) >= 11 is 0. The van der Waals surface area contributed by atoms with E-state index < -0.39 is 5.82 Å². The van der Waals surface area contributed by atoms with E-state index in [0.29, 0.717) is 5.95 Å². The van der Waals surface area contributed by atoms with E-state index in [2.05, 4.69) is 15.0 Å². The van der Waals surface area contributed by atoms with Crippen molar-refractivity contribution in [2.24, 2.45) is 0 Å². The molecular formula is C8H7FN4. The SMILES string of the molecule is Cc1cn(-c2ncc(F)cn2)cn1. The zero-order valence-electron chi connectivity index (χ0n) is 6.98. The molecule has 5 heteroatoms. The Morgan fingerprint density at radius 1 is 1.23 bits per heavy atom. The van der Waals surface area contributed by atoms with Gasteiger partial charge in [0.05, 0.1) is 18.1 Å². The molecule has 0 spiro atoms. The molecule has 0 saturated heterocycles. The number of aryl methyl sites for hydroxylation is 1. The Morgan fingerprint density at radius 3 is 2.46 bits per heavy atom. The molecule has 66 valence electrons. The molecule has 0 amide bonds. The van der Waals surface area contributed by atoms with Crippen molar-refractivity contribution < 1.29 is 4.39 Å². The first-order valence-corrected chi connectivity index (χ1v) is 3.74. The van der Waals surface area contributed by atoms with E-state index in [1.54, 1.807) is 17.1 Å². The van der Waals surface area contributed by atoms with Crippen LogP contribution in [-0.4, -0.2) is 19.5 Å². The molecule has 2 aromatic heterocycles. The van der Waals surface area contributed by atoms with Crippen molar-refractivity contribution >= 4 is 0 Å². The molecular weight excluding hydrogens is 171 g/mol. The Balaban J connectivity index is 2.41. The average Bonchev–Trinajstić information content (AvgIpc) is 2.53. The van der Waals surface area contributed by atoms with Crippen molar-refractivity contribution in [3.63, 3.8) is 0 Å². The molecule has 0 saturated carbocycles. The predicted molar refractivity (Wildman–Crippen MR) is 43.8 cm³/mol. The van der Waals surface area contributed by atoms with Crippen molar-refractivity contribution in [3.8, 4) is 5.95 Å². The molecule has 0 bridgehead atoms. The first-order chi connectivity index (χ1) is 6.25. The Kier molecular flexibility index (Phi) is 1.77. The Morgan fingerprint density at radius 2 is 1.92 bits per heavy atom. The van der Waals surface area contributed by atoms with E-state index in [0.717, 1.165) is 18.1 Å². The third-order valence-electron chi connectivity index (χ3n) is 1.55. The Hall–Kier alpha value is -1.78. The maximum absolute atomic E-state index is 12.5. The van der Waals surface area contributed by atoms with Crippen LogP contribution in [0.4, 0.5) is 4.39 Å². The molecule has 2 heterocycles. The molecule has 0 aromatic carbocycles.